The van der Waals surface area contributed by atoms with E-state index in [2.05, 4.69) is 0 Å². The fourth-order valence-corrected chi connectivity index (χ4v) is 3.47. The molecule has 1 amide bonds. The first kappa shape index (κ1) is 16.2. The predicted octanol–water partition coefficient (Wildman–Crippen LogP) is 2.15. The number of carbonyl (C=O) groups excluding carboxylic acids is 2. The van der Waals surface area contributed by atoms with Gasteiger partial charge in [-0.05, 0) is 31.7 Å². The van der Waals surface area contributed by atoms with Gasteiger partial charge >= 0.3 is 5.97 Å². The van der Waals surface area contributed by atoms with Crippen LogP contribution in [-0.2, 0) is 20.9 Å². The van der Waals surface area contributed by atoms with Gasteiger partial charge in [0.2, 0.25) is 5.91 Å². The average Bonchev–Trinajstić information content (AvgIpc) is 3.51. The Kier molecular flexibility index (Phi) is 4.51. The molecule has 25 heavy (non-hydrogen) atoms. The van der Waals surface area contributed by atoms with Gasteiger partial charge in [0.15, 0.2) is 11.5 Å². The minimum absolute atomic E-state index is 0.165. The molecule has 0 bridgehead atoms. The number of rotatable bonds is 4. The number of carbonyl (C=O) groups is 2. The van der Waals surface area contributed by atoms with Crippen LogP contribution in [0.3, 0.4) is 0 Å². The van der Waals surface area contributed by atoms with Gasteiger partial charge in [-0.3, -0.25) is 9.59 Å². The zero-order valence-electron chi connectivity index (χ0n) is 14.2. The molecular formula is C19H23NO5. The Bertz CT molecular complexity index is 670. The third-order valence-electron chi connectivity index (χ3n) is 5.01. The lowest BCUT2D eigenvalue weighted by Crippen LogP contribution is -2.43. The Labute approximate surface area is 147 Å². The number of hydrogen-bond acceptors (Lipinski definition) is 5. The van der Waals surface area contributed by atoms with E-state index in [1.54, 1.807) is 0 Å². The lowest BCUT2D eigenvalue weighted by atomic mass is 9.98. The highest BCUT2D eigenvalue weighted by molar-refractivity contribution is 5.82. The molecule has 0 N–H and O–H groups in total. The number of nitrogens with zero attached hydrogens (tertiary/aromatic N) is 1. The number of amides is 1. The number of piperidine rings is 1. The van der Waals surface area contributed by atoms with Gasteiger partial charge in [-0.1, -0.05) is 12.1 Å². The first-order valence-electron chi connectivity index (χ1n) is 9.05. The van der Waals surface area contributed by atoms with Crippen LogP contribution in [0.4, 0.5) is 0 Å². The normalized spacial score (nSPS) is 22.4. The molecule has 0 radical (unpaired) electrons. The zero-order valence-corrected chi connectivity index (χ0v) is 14.2. The highest BCUT2D eigenvalue weighted by Crippen LogP contribution is 2.35. The SMILES string of the molecule is O=C(OCc1cccc2c1OCCO2)[C@@H]1CCCN(C(=O)C2CC2)C1. The number of ether oxygens (including phenoxy) is 3. The van der Waals surface area contributed by atoms with Gasteiger partial charge < -0.3 is 19.1 Å². The van der Waals surface area contributed by atoms with Crippen molar-refractivity contribution in [2.24, 2.45) is 11.8 Å². The lowest BCUT2D eigenvalue weighted by Gasteiger charge is -2.31. The molecule has 0 aromatic heterocycles. The van der Waals surface area contributed by atoms with E-state index < -0.39 is 0 Å². The van der Waals surface area contributed by atoms with Crippen LogP contribution in [0, 0.1) is 11.8 Å². The Morgan fingerprint density at radius 3 is 2.80 bits per heavy atom. The van der Waals surface area contributed by atoms with Crippen LogP contribution in [0.15, 0.2) is 18.2 Å². The van der Waals surface area contributed by atoms with Gasteiger partial charge in [-0.15, -0.1) is 0 Å². The highest BCUT2D eigenvalue weighted by Gasteiger charge is 2.37. The molecule has 2 heterocycles. The molecule has 1 saturated carbocycles. The second kappa shape index (κ2) is 6.94. The van der Waals surface area contributed by atoms with E-state index in [1.807, 2.05) is 23.1 Å². The smallest absolute Gasteiger partial charge is 0.311 e. The Morgan fingerprint density at radius 1 is 1.12 bits per heavy atom. The van der Waals surface area contributed by atoms with E-state index in [-0.39, 0.29) is 30.3 Å². The molecule has 1 aromatic carbocycles. The topological polar surface area (TPSA) is 65.1 Å². The summed E-state index contributed by atoms with van der Waals surface area (Å²) in [7, 11) is 0. The third-order valence-corrected chi connectivity index (χ3v) is 5.01. The second-order valence-corrected chi connectivity index (χ2v) is 6.95. The number of likely N-dealkylation sites (tertiary alicyclic amines) is 1. The first-order chi connectivity index (χ1) is 12.2. The predicted molar refractivity (Wildman–Crippen MR) is 89.3 cm³/mol. The summed E-state index contributed by atoms with van der Waals surface area (Å²) < 4.78 is 16.7. The first-order valence-corrected chi connectivity index (χ1v) is 9.05. The second-order valence-electron chi connectivity index (χ2n) is 6.95. The van der Waals surface area contributed by atoms with E-state index in [9.17, 15) is 9.59 Å². The van der Waals surface area contributed by atoms with Gasteiger partial charge in [0.25, 0.3) is 0 Å². The van der Waals surface area contributed by atoms with E-state index in [4.69, 9.17) is 14.2 Å². The van der Waals surface area contributed by atoms with Crippen LogP contribution in [0.5, 0.6) is 11.5 Å². The third kappa shape index (κ3) is 3.57. The zero-order chi connectivity index (χ0) is 17.2. The summed E-state index contributed by atoms with van der Waals surface area (Å²) in [6.07, 6.45) is 3.62. The molecule has 1 saturated heterocycles. The summed E-state index contributed by atoms with van der Waals surface area (Å²) in [5.74, 6) is 1.30. The summed E-state index contributed by atoms with van der Waals surface area (Å²) in [5, 5.41) is 0. The molecule has 1 atom stereocenters. The number of hydrogen-bond donors (Lipinski definition) is 0. The molecule has 6 nitrogen and oxygen atoms in total. The van der Waals surface area contributed by atoms with E-state index in [1.165, 1.54) is 0 Å². The fraction of sp³-hybridized carbons (Fsp3) is 0.579. The van der Waals surface area contributed by atoms with Crippen molar-refractivity contribution < 1.29 is 23.8 Å². The van der Waals surface area contributed by atoms with Gasteiger partial charge in [0.05, 0.1) is 5.92 Å². The molecule has 2 fully saturated rings. The van der Waals surface area contributed by atoms with Crippen LogP contribution in [0.2, 0.25) is 0 Å². The van der Waals surface area contributed by atoms with Crippen molar-refractivity contribution in [3.05, 3.63) is 23.8 Å². The van der Waals surface area contributed by atoms with Crippen molar-refractivity contribution in [3.8, 4) is 11.5 Å². The number of esters is 1. The molecule has 4 rings (SSSR count). The summed E-state index contributed by atoms with van der Waals surface area (Å²) in [6.45, 7) is 2.44. The average molecular weight is 345 g/mol. The van der Waals surface area contributed by atoms with Crippen molar-refractivity contribution in [2.45, 2.75) is 32.3 Å². The molecule has 3 aliphatic rings. The summed E-state index contributed by atoms with van der Waals surface area (Å²) in [4.78, 5) is 26.5. The maximum absolute atomic E-state index is 12.5. The molecule has 2 aliphatic heterocycles. The van der Waals surface area contributed by atoms with Crippen molar-refractivity contribution in [2.75, 3.05) is 26.3 Å². The van der Waals surface area contributed by atoms with Crippen molar-refractivity contribution in [1.82, 2.24) is 4.90 Å². The molecular weight excluding hydrogens is 322 g/mol. The van der Waals surface area contributed by atoms with Crippen molar-refractivity contribution in [1.29, 1.82) is 0 Å². The van der Waals surface area contributed by atoms with Crippen molar-refractivity contribution >= 4 is 11.9 Å². The monoisotopic (exact) mass is 345 g/mol. The van der Waals surface area contributed by atoms with Gasteiger partial charge in [-0.25, -0.2) is 0 Å². The van der Waals surface area contributed by atoms with E-state index in [0.29, 0.717) is 31.3 Å². The molecule has 134 valence electrons. The van der Waals surface area contributed by atoms with Crippen LogP contribution >= 0.6 is 0 Å². The van der Waals surface area contributed by atoms with E-state index >= 15 is 0 Å². The number of fused-ring (bicyclic) bond motifs is 1. The van der Waals surface area contributed by atoms with Crippen molar-refractivity contribution in [3.63, 3.8) is 0 Å². The van der Waals surface area contributed by atoms with Crippen LogP contribution in [-0.4, -0.2) is 43.1 Å². The standard InChI is InChI=1S/C19H23NO5/c21-18(13-6-7-13)20-8-2-4-14(11-20)19(22)25-12-15-3-1-5-16-17(15)24-10-9-23-16/h1,3,5,13-14H,2,4,6-12H2/t14-/m1/s1. The minimum Gasteiger partial charge on any atom is -0.486 e. The molecule has 6 heteroatoms. The Hall–Kier alpha value is -2.24. The maximum Gasteiger partial charge on any atom is 0.311 e. The van der Waals surface area contributed by atoms with Gasteiger partial charge in [-0.2, -0.15) is 0 Å². The summed E-state index contributed by atoms with van der Waals surface area (Å²) in [6, 6.07) is 5.60. The molecule has 1 aliphatic carbocycles. The summed E-state index contributed by atoms with van der Waals surface area (Å²) in [5.41, 5.74) is 0.812. The molecule has 0 unspecified atom stereocenters. The quantitative estimate of drug-likeness (QED) is 0.783. The summed E-state index contributed by atoms with van der Waals surface area (Å²) >= 11 is 0. The highest BCUT2D eigenvalue weighted by atomic mass is 16.6. The van der Waals surface area contributed by atoms with Crippen LogP contribution in [0.1, 0.15) is 31.2 Å². The maximum atomic E-state index is 12.5. The minimum atomic E-state index is -0.234. The van der Waals surface area contributed by atoms with Gasteiger partial charge in [0, 0.05) is 24.6 Å². The Balaban J connectivity index is 1.35. The van der Waals surface area contributed by atoms with Gasteiger partial charge in [0.1, 0.15) is 19.8 Å². The number of benzene rings is 1. The lowest BCUT2D eigenvalue weighted by molar-refractivity contribution is -0.153. The molecule has 1 aromatic rings. The Morgan fingerprint density at radius 2 is 1.96 bits per heavy atom. The largest absolute Gasteiger partial charge is 0.486 e. The van der Waals surface area contributed by atoms with E-state index in [0.717, 1.165) is 37.8 Å². The number of para-hydroxylation sites is 1. The fourth-order valence-electron chi connectivity index (χ4n) is 3.47. The van der Waals surface area contributed by atoms with Crippen LogP contribution in [0.25, 0.3) is 0 Å². The van der Waals surface area contributed by atoms with Crippen LogP contribution < -0.4 is 9.47 Å². The molecule has 0 spiro atoms.